The summed E-state index contributed by atoms with van der Waals surface area (Å²) in [6.45, 7) is 4.29. The quantitative estimate of drug-likeness (QED) is 0.414. The van der Waals surface area contributed by atoms with Gasteiger partial charge in [-0.05, 0) is 42.3 Å². The highest BCUT2D eigenvalue weighted by molar-refractivity contribution is 5.91. The van der Waals surface area contributed by atoms with E-state index in [0.29, 0.717) is 49.0 Å². The summed E-state index contributed by atoms with van der Waals surface area (Å²) in [7, 11) is 0. The summed E-state index contributed by atoms with van der Waals surface area (Å²) in [6, 6.07) is 12.9. The molecule has 0 unspecified atom stereocenters. The molecule has 1 aliphatic rings. The van der Waals surface area contributed by atoms with Gasteiger partial charge in [0.25, 0.3) is 5.69 Å². The number of benzene rings is 2. The van der Waals surface area contributed by atoms with Gasteiger partial charge in [-0.1, -0.05) is 12.1 Å². The van der Waals surface area contributed by atoms with E-state index in [-0.39, 0.29) is 5.69 Å². The van der Waals surface area contributed by atoms with Gasteiger partial charge in [0.15, 0.2) is 0 Å². The molecule has 0 saturated carbocycles. The predicted molar refractivity (Wildman–Crippen MR) is 110 cm³/mol. The first kappa shape index (κ1) is 18.7. The van der Waals surface area contributed by atoms with Crippen molar-refractivity contribution in [1.29, 1.82) is 5.26 Å². The van der Waals surface area contributed by atoms with Gasteiger partial charge in [-0.15, -0.1) is 0 Å². The van der Waals surface area contributed by atoms with Crippen LogP contribution in [-0.4, -0.2) is 41.2 Å². The first-order chi connectivity index (χ1) is 14.0. The van der Waals surface area contributed by atoms with Crippen molar-refractivity contribution >= 4 is 34.1 Å². The van der Waals surface area contributed by atoms with Crippen LogP contribution in [0, 0.1) is 28.4 Å². The van der Waals surface area contributed by atoms with Gasteiger partial charge in [0.05, 0.1) is 34.7 Å². The highest BCUT2D eigenvalue weighted by Gasteiger charge is 2.22. The van der Waals surface area contributed by atoms with Gasteiger partial charge in [-0.3, -0.25) is 10.1 Å². The molecule has 1 saturated heterocycles. The van der Waals surface area contributed by atoms with E-state index >= 15 is 0 Å². The van der Waals surface area contributed by atoms with Crippen molar-refractivity contribution in [2.24, 2.45) is 0 Å². The van der Waals surface area contributed by atoms with Crippen LogP contribution >= 0.6 is 0 Å². The number of nitro groups is 1. The molecule has 3 aromatic rings. The molecule has 4 rings (SSSR count). The summed E-state index contributed by atoms with van der Waals surface area (Å²) in [5, 5.41) is 21.3. The Morgan fingerprint density at radius 1 is 1.31 bits per heavy atom. The lowest BCUT2D eigenvalue weighted by molar-refractivity contribution is -0.384. The van der Waals surface area contributed by atoms with Gasteiger partial charge < -0.3 is 14.6 Å². The van der Waals surface area contributed by atoms with Gasteiger partial charge >= 0.3 is 0 Å². The highest BCUT2D eigenvalue weighted by atomic mass is 16.6. The van der Waals surface area contributed by atoms with E-state index in [4.69, 9.17) is 4.74 Å². The van der Waals surface area contributed by atoms with E-state index in [0.717, 1.165) is 16.6 Å². The van der Waals surface area contributed by atoms with Crippen LogP contribution in [0.15, 0.2) is 36.4 Å². The van der Waals surface area contributed by atoms with E-state index in [2.05, 4.69) is 16.0 Å². The molecule has 1 aromatic heterocycles. The minimum Gasteiger partial charge on any atom is -0.378 e. The largest absolute Gasteiger partial charge is 0.378 e. The molecule has 2 aromatic carbocycles. The fourth-order valence-corrected chi connectivity index (χ4v) is 3.42. The Kier molecular flexibility index (Phi) is 4.97. The molecular weight excluding hydrogens is 370 g/mol. The Morgan fingerprint density at radius 3 is 2.83 bits per heavy atom. The molecule has 0 atom stereocenters. The molecular formula is C21H19N5O3. The normalized spacial score (nSPS) is 14.8. The Labute approximate surface area is 167 Å². The average Bonchev–Trinajstić information content (AvgIpc) is 3.15. The molecule has 1 fully saturated rings. The fourth-order valence-electron chi connectivity index (χ4n) is 3.42. The molecule has 1 N–H and O–H groups in total. The van der Waals surface area contributed by atoms with Crippen molar-refractivity contribution in [3.05, 3.63) is 63.5 Å². The van der Waals surface area contributed by atoms with Crippen molar-refractivity contribution in [2.75, 3.05) is 31.2 Å². The van der Waals surface area contributed by atoms with Crippen molar-refractivity contribution in [1.82, 2.24) is 9.97 Å². The number of aromatic nitrogens is 2. The number of ether oxygens (including phenoxy) is 1. The van der Waals surface area contributed by atoms with Gasteiger partial charge in [0.2, 0.25) is 0 Å². The summed E-state index contributed by atoms with van der Waals surface area (Å²) in [5.41, 5.74) is 4.15. The van der Waals surface area contributed by atoms with Crippen LogP contribution in [0.1, 0.15) is 17.0 Å². The van der Waals surface area contributed by atoms with Crippen molar-refractivity contribution in [2.45, 2.75) is 6.92 Å². The highest BCUT2D eigenvalue weighted by Crippen LogP contribution is 2.31. The third-order valence-electron chi connectivity index (χ3n) is 4.87. The van der Waals surface area contributed by atoms with Crippen molar-refractivity contribution < 1.29 is 9.66 Å². The second-order valence-electron chi connectivity index (χ2n) is 6.88. The number of morpholine rings is 1. The van der Waals surface area contributed by atoms with Gasteiger partial charge in [0, 0.05) is 19.2 Å². The number of nitrogens with one attached hydrogen (secondary N) is 1. The zero-order valence-electron chi connectivity index (χ0n) is 15.9. The maximum absolute atomic E-state index is 11.6. The van der Waals surface area contributed by atoms with Crippen LogP contribution in [0.3, 0.4) is 0 Å². The SMILES string of the molecule is Cc1ccc2nc(/C(C#N)=C\c3ccc(N4CCOCC4)c([N+](=O)[O-])c3)[nH]c2c1. The summed E-state index contributed by atoms with van der Waals surface area (Å²) in [4.78, 5) is 20.8. The van der Waals surface area contributed by atoms with E-state index < -0.39 is 4.92 Å². The third-order valence-corrected chi connectivity index (χ3v) is 4.87. The number of aromatic amines is 1. The number of allylic oxidation sites excluding steroid dienone is 1. The molecule has 8 nitrogen and oxygen atoms in total. The number of nitro benzene ring substituents is 1. The van der Waals surface area contributed by atoms with Crippen LogP contribution in [0.4, 0.5) is 11.4 Å². The van der Waals surface area contributed by atoms with Crippen LogP contribution in [0.25, 0.3) is 22.7 Å². The molecule has 0 bridgehead atoms. The van der Waals surface area contributed by atoms with Gasteiger partial charge in [-0.25, -0.2) is 4.98 Å². The number of rotatable bonds is 4. The first-order valence-electron chi connectivity index (χ1n) is 9.25. The van der Waals surface area contributed by atoms with E-state index in [1.54, 1.807) is 18.2 Å². The minimum atomic E-state index is -0.391. The fraction of sp³-hybridized carbons (Fsp3) is 0.238. The van der Waals surface area contributed by atoms with Gasteiger partial charge in [-0.2, -0.15) is 5.26 Å². The number of fused-ring (bicyclic) bond motifs is 1. The number of nitrogens with zero attached hydrogens (tertiary/aromatic N) is 4. The smallest absolute Gasteiger partial charge is 0.293 e. The average molecular weight is 389 g/mol. The Balaban J connectivity index is 1.72. The standard InChI is InChI=1S/C21H19N5O3/c1-14-2-4-17-18(10-14)24-21(23-17)16(13-22)11-15-3-5-19(20(12-15)26(27)28)25-6-8-29-9-7-25/h2-5,10-12H,6-9H2,1H3,(H,23,24)/b16-11-. The lowest BCUT2D eigenvalue weighted by Gasteiger charge is -2.28. The Hall–Kier alpha value is -3.70. The number of imidazole rings is 1. The van der Waals surface area contributed by atoms with E-state index in [1.165, 1.54) is 6.07 Å². The summed E-state index contributed by atoms with van der Waals surface area (Å²) in [5.74, 6) is 0.438. The lowest BCUT2D eigenvalue weighted by Crippen LogP contribution is -2.36. The zero-order valence-corrected chi connectivity index (χ0v) is 15.9. The van der Waals surface area contributed by atoms with E-state index in [9.17, 15) is 15.4 Å². The molecule has 29 heavy (non-hydrogen) atoms. The topological polar surface area (TPSA) is 108 Å². The number of H-pyrrole nitrogens is 1. The van der Waals surface area contributed by atoms with Gasteiger partial charge in [0.1, 0.15) is 17.6 Å². The lowest BCUT2D eigenvalue weighted by atomic mass is 10.1. The third kappa shape index (κ3) is 3.81. The van der Waals surface area contributed by atoms with Crippen molar-refractivity contribution in [3.63, 3.8) is 0 Å². The molecule has 0 spiro atoms. The number of hydrogen-bond donors (Lipinski definition) is 1. The second-order valence-corrected chi connectivity index (χ2v) is 6.88. The number of anilines is 1. The molecule has 0 radical (unpaired) electrons. The van der Waals surface area contributed by atoms with Crippen LogP contribution in [-0.2, 0) is 4.74 Å². The molecule has 146 valence electrons. The Morgan fingerprint density at radius 2 is 2.10 bits per heavy atom. The van der Waals surface area contributed by atoms with E-state index in [1.807, 2.05) is 30.0 Å². The molecule has 8 heteroatoms. The maximum atomic E-state index is 11.6. The summed E-state index contributed by atoms with van der Waals surface area (Å²) >= 11 is 0. The number of nitriles is 1. The zero-order chi connectivity index (χ0) is 20.4. The Bertz CT molecular complexity index is 1150. The molecule has 0 amide bonds. The summed E-state index contributed by atoms with van der Waals surface area (Å²) < 4.78 is 5.33. The maximum Gasteiger partial charge on any atom is 0.293 e. The number of aryl methyl sites for hydroxylation is 1. The first-order valence-corrected chi connectivity index (χ1v) is 9.25. The van der Waals surface area contributed by atoms with Crippen LogP contribution in [0.5, 0.6) is 0 Å². The summed E-state index contributed by atoms with van der Waals surface area (Å²) in [6.07, 6.45) is 1.61. The number of hydrogen-bond acceptors (Lipinski definition) is 6. The van der Waals surface area contributed by atoms with Crippen LogP contribution in [0.2, 0.25) is 0 Å². The second kappa shape index (κ2) is 7.73. The molecule has 2 heterocycles. The van der Waals surface area contributed by atoms with Crippen molar-refractivity contribution in [3.8, 4) is 6.07 Å². The minimum absolute atomic E-state index is 0.0122. The molecule has 1 aliphatic heterocycles. The predicted octanol–water partition coefficient (Wildman–Crippen LogP) is 3.68. The van der Waals surface area contributed by atoms with Crippen LogP contribution < -0.4 is 4.90 Å². The molecule has 0 aliphatic carbocycles. The monoisotopic (exact) mass is 389 g/mol.